The van der Waals surface area contributed by atoms with Crippen molar-refractivity contribution in [1.29, 1.82) is 0 Å². The van der Waals surface area contributed by atoms with Crippen molar-refractivity contribution in [2.45, 2.75) is 214 Å². The van der Waals surface area contributed by atoms with Gasteiger partial charge in [-0.25, -0.2) is 0 Å². The number of hydrogen-bond acceptors (Lipinski definition) is 14. The van der Waals surface area contributed by atoms with Crippen LogP contribution in [-0.4, -0.2) is 101 Å². The van der Waals surface area contributed by atoms with Gasteiger partial charge in [-0.15, -0.1) is 22.7 Å². The first kappa shape index (κ1) is 87.3. The molecule has 12 aromatic carbocycles. The summed E-state index contributed by atoms with van der Waals surface area (Å²) < 4.78 is 76.4. The maximum absolute atomic E-state index is 6.39. The van der Waals surface area contributed by atoms with Gasteiger partial charge in [0, 0.05) is 91.6 Å². The van der Waals surface area contributed by atoms with E-state index in [1.54, 1.807) is 11.3 Å². The molecule has 5 aliphatic heterocycles. The molecule has 17 aromatic rings. The molecule has 5 aromatic heterocycles. The van der Waals surface area contributed by atoms with Gasteiger partial charge in [0.25, 0.3) is 0 Å². The number of rotatable bonds is 7. The summed E-state index contributed by atoms with van der Waals surface area (Å²) in [7, 11) is -1.78. The van der Waals surface area contributed by atoms with E-state index in [0.29, 0.717) is 0 Å². The van der Waals surface area contributed by atoms with E-state index < -0.39 is 18.3 Å². The number of fused-ring (bicyclic) bond motifs is 17. The van der Waals surface area contributed by atoms with E-state index in [-0.39, 0.29) is 78.7 Å². The van der Waals surface area contributed by atoms with Gasteiger partial charge < -0.3 is 55.5 Å². The second-order valence-corrected chi connectivity index (χ2v) is 42.6. The number of thiophene rings is 2. The Morgan fingerprint density at radius 3 is 1.34 bits per heavy atom. The van der Waals surface area contributed by atoms with Crippen molar-refractivity contribution in [1.82, 2.24) is 9.55 Å². The van der Waals surface area contributed by atoms with Gasteiger partial charge in [-0.2, -0.15) is 0 Å². The molecule has 0 amide bonds. The highest BCUT2D eigenvalue weighted by Gasteiger charge is 2.57. The van der Waals surface area contributed by atoms with Crippen LogP contribution in [0.5, 0.6) is 0 Å². The monoisotopic (exact) mass is 1730 g/mol. The van der Waals surface area contributed by atoms with Crippen LogP contribution in [0.15, 0.2) is 278 Å². The topological polar surface area (TPSA) is 123 Å². The third-order valence-electron chi connectivity index (χ3n) is 29.3. The number of hydrogen-bond donors (Lipinski definition) is 0. The van der Waals surface area contributed by atoms with Crippen LogP contribution in [0, 0.1) is 0 Å². The lowest BCUT2D eigenvalue weighted by atomic mass is 9.74. The molecule has 5 fully saturated rings. The lowest BCUT2D eigenvalue weighted by Crippen LogP contribution is -2.41. The smallest absolute Gasteiger partial charge is 0.456 e. The first-order valence-electron chi connectivity index (χ1n) is 44.8. The molecule has 5 saturated heterocycles. The minimum absolute atomic E-state index is 0.00553. The Morgan fingerprint density at radius 2 is 0.734 bits per heavy atom. The number of benzene rings is 12. The van der Waals surface area contributed by atoms with E-state index in [1.807, 2.05) is 54.1 Å². The lowest BCUT2D eigenvalue weighted by Gasteiger charge is -2.32. The number of para-hydroxylation sites is 3. The number of pyridine rings is 1. The summed E-state index contributed by atoms with van der Waals surface area (Å²) in [6, 6.07) is 91.8. The standard InChI is InChI=1S/C24H24BNO2.C24H23BO3.C22H21BO2S.C21H25BO2.C17H18BNO2S/c1-23(2)24(3,4)28-25(27-23)17-14-15-20-19-12-8-9-13-21(19)26(22(20)16-17)18-10-6-5-7-11-18;1-23(2)24(3,4)28-25(27-23)19-15-14-17(16-10-6-5-7-11-16)21-18-12-8-9-13-20(18)26-22(19)21;1-21(2)22(3,4)25-23(24-21)17-13-14-9-5-6-10-15(14)19-16-11-7-8-12-18(16)26-20(17)19;1-19(2)17-10-8-7-9-15(17)16-12-11-14(13-18(16)19)22-23-20(3,4)21(5,6)24-22;1-16(2)17(3,4)21-18(20-16)11-5-6-12-13-7-8-19-10-15(13)22-14(12)9-11/h5-16H,1-4H3;5-15H,1-4H3;5-13H,1-4H3;7-13H,1-6H3;5-10H,1-4H3. The molecule has 0 spiro atoms. The van der Waals surface area contributed by atoms with Gasteiger partial charge in [-0.05, 0) is 248 Å². The van der Waals surface area contributed by atoms with E-state index in [1.165, 1.54) is 101 Å². The maximum atomic E-state index is 6.39. The van der Waals surface area contributed by atoms with Crippen LogP contribution in [0.4, 0.5) is 0 Å². The Morgan fingerprint density at radius 1 is 0.289 bits per heavy atom. The van der Waals surface area contributed by atoms with Crippen molar-refractivity contribution < 1.29 is 51.0 Å². The van der Waals surface area contributed by atoms with E-state index in [2.05, 4.69) is 392 Å². The zero-order valence-corrected chi connectivity index (χ0v) is 79.2. The van der Waals surface area contributed by atoms with Crippen LogP contribution in [0.2, 0.25) is 0 Å². The van der Waals surface area contributed by atoms with Crippen molar-refractivity contribution in [2.75, 3.05) is 0 Å². The molecule has 0 saturated carbocycles. The normalized spacial score (nSPS) is 19.5. The van der Waals surface area contributed by atoms with Gasteiger partial charge in [-0.1, -0.05) is 226 Å². The molecule has 23 rings (SSSR count). The predicted molar refractivity (Wildman–Crippen MR) is 536 cm³/mol. The molecule has 128 heavy (non-hydrogen) atoms. The second-order valence-electron chi connectivity index (χ2n) is 40.5. The number of nitrogens with zero attached hydrogens (tertiary/aromatic N) is 2. The molecular weight excluding hydrogens is 1620 g/mol. The van der Waals surface area contributed by atoms with E-state index in [4.69, 9.17) is 51.0 Å². The quantitative estimate of drug-likeness (QED) is 0.141. The van der Waals surface area contributed by atoms with Crippen molar-refractivity contribution in [3.8, 4) is 27.9 Å². The largest absolute Gasteiger partial charge is 0.498 e. The first-order chi connectivity index (χ1) is 60.6. The summed E-state index contributed by atoms with van der Waals surface area (Å²) >= 11 is 3.59. The molecule has 1 aliphatic carbocycles. The number of furan rings is 1. The van der Waals surface area contributed by atoms with Crippen molar-refractivity contribution >= 4 is 180 Å². The second kappa shape index (κ2) is 31.7. The zero-order chi connectivity index (χ0) is 90.0. The molecule has 0 radical (unpaired) electrons. The summed E-state index contributed by atoms with van der Waals surface area (Å²) in [5.74, 6) is 0. The van der Waals surface area contributed by atoms with Gasteiger partial charge in [0.05, 0.1) is 71.7 Å². The minimum Gasteiger partial charge on any atom is -0.456 e. The highest BCUT2D eigenvalue weighted by molar-refractivity contribution is 7.27. The molecule has 0 unspecified atom stereocenters. The average Bonchev–Trinajstić information content (AvgIpc) is 1.58. The highest BCUT2D eigenvalue weighted by atomic mass is 32.1. The average molecular weight is 1730 g/mol. The van der Waals surface area contributed by atoms with Crippen LogP contribution in [0.3, 0.4) is 0 Å². The van der Waals surface area contributed by atoms with Crippen LogP contribution in [0.1, 0.15) is 163 Å². The summed E-state index contributed by atoms with van der Waals surface area (Å²) in [4.78, 5) is 4.21. The molecule has 13 nitrogen and oxygen atoms in total. The summed E-state index contributed by atoms with van der Waals surface area (Å²) in [5, 5.41) is 12.4. The lowest BCUT2D eigenvalue weighted by molar-refractivity contribution is 0.00578. The van der Waals surface area contributed by atoms with Gasteiger partial charge in [-0.3, -0.25) is 4.98 Å². The molecule has 0 atom stereocenters. The number of aromatic nitrogens is 2. The van der Waals surface area contributed by atoms with Gasteiger partial charge in [0.1, 0.15) is 11.2 Å². The summed E-state index contributed by atoms with van der Waals surface area (Å²) in [6.07, 6.45) is 3.77. The fraction of sp³-hybridized carbons (Fsp3) is 0.306. The fourth-order valence-electron chi connectivity index (χ4n) is 18.2. The zero-order valence-electron chi connectivity index (χ0n) is 77.6. The van der Waals surface area contributed by atoms with E-state index >= 15 is 0 Å². The van der Waals surface area contributed by atoms with Gasteiger partial charge >= 0.3 is 35.6 Å². The Balaban J connectivity index is 0.000000104. The molecular formula is C108H111B5N2O11S2. The van der Waals surface area contributed by atoms with Gasteiger partial charge in [0.2, 0.25) is 0 Å². The maximum Gasteiger partial charge on any atom is 0.498 e. The Hall–Kier alpha value is -9.99. The van der Waals surface area contributed by atoms with Crippen LogP contribution in [0.25, 0.3) is 123 Å². The Kier molecular flexibility index (Phi) is 21.6. The highest BCUT2D eigenvalue weighted by Crippen LogP contribution is 2.51. The van der Waals surface area contributed by atoms with Gasteiger partial charge in [0.15, 0.2) is 0 Å². The van der Waals surface area contributed by atoms with E-state index in [0.717, 1.165) is 60.5 Å². The molecule has 0 N–H and O–H groups in total. The van der Waals surface area contributed by atoms with Crippen LogP contribution < -0.4 is 27.3 Å². The Labute approximate surface area is 761 Å². The fourth-order valence-corrected chi connectivity index (χ4v) is 20.6. The third-order valence-corrected chi connectivity index (χ3v) is 31.6. The van der Waals surface area contributed by atoms with Crippen molar-refractivity contribution in [3.05, 3.63) is 284 Å². The molecule has 0 bridgehead atoms. The molecule has 646 valence electrons. The van der Waals surface area contributed by atoms with E-state index in [9.17, 15) is 0 Å². The van der Waals surface area contributed by atoms with Crippen LogP contribution in [-0.2, 0) is 52.0 Å². The van der Waals surface area contributed by atoms with Crippen molar-refractivity contribution in [2.24, 2.45) is 0 Å². The SMILES string of the molecule is CC1(C)OB(c2cc3ccccc3c3c2sc2ccccc23)OC1(C)C.CC1(C)OB(c2ccc(-c3ccccc3)c3c2oc2ccccc23)OC1(C)C.CC1(C)OB(c2ccc3c(c2)sc2cnccc23)OC1(C)C.CC1(C)OB(c2ccc3c4ccccc4n(-c4ccccc4)c3c2)OC1(C)C.CC1(C)c2ccccc2-c2ccc(B3OC(C)(C)C(C)(C)O3)cc21. The summed E-state index contributed by atoms with van der Waals surface area (Å²) in [6.45, 7) is 46.4. The first-order valence-corrected chi connectivity index (χ1v) is 46.5. The Bertz CT molecular complexity index is 7090. The minimum atomic E-state index is -0.460. The third kappa shape index (κ3) is 15.1. The molecule has 10 heterocycles. The predicted octanol–water partition coefficient (Wildman–Crippen LogP) is 24.2. The summed E-state index contributed by atoms with van der Waals surface area (Å²) in [5.41, 5.74) is 14.9. The van der Waals surface area contributed by atoms with Crippen LogP contribution >= 0.6 is 22.7 Å². The van der Waals surface area contributed by atoms with Crippen molar-refractivity contribution in [3.63, 3.8) is 0 Å². The molecule has 6 aliphatic rings. The molecule has 20 heteroatoms.